The molecule has 1 atom stereocenters. The average Bonchev–Trinajstić information content (AvgIpc) is 2.71. The number of carbonyl (C=O) groups excluding carboxylic acids is 2. The summed E-state index contributed by atoms with van der Waals surface area (Å²) >= 11 is 0. The molecule has 2 aromatic carbocycles. The van der Waals surface area contributed by atoms with Crippen LogP contribution >= 0.6 is 0 Å². The monoisotopic (exact) mass is 398 g/mol. The van der Waals surface area contributed by atoms with Crippen LogP contribution in [0.15, 0.2) is 48.5 Å². The molecule has 0 aromatic heterocycles. The molecule has 2 amide bonds. The van der Waals surface area contributed by atoms with E-state index in [1.807, 2.05) is 38.1 Å². The van der Waals surface area contributed by atoms with Gasteiger partial charge in [-0.1, -0.05) is 56.7 Å². The zero-order chi connectivity index (χ0) is 21.2. The Hall–Kier alpha value is -2.69. The minimum absolute atomic E-state index is 0.110. The summed E-state index contributed by atoms with van der Waals surface area (Å²) in [5, 5.41) is 2.95. The van der Waals surface area contributed by atoms with Gasteiger partial charge in [0.2, 0.25) is 11.8 Å². The van der Waals surface area contributed by atoms with Crippen LogP contribution in [0.25, 0.3) is 0 Å². The topological polar surface area (TPSA) is 49.4 Å². The van der Waals surface area contributed by atoms with E-state index in [2.05, 4.69) is 12.2 Å². The summed E-state index contributed by atoms with van der Waals surface area (Å²) in [6.07, 6.45) is 2.63. The van der Waals surface area contributed by atoms with Gasteiger partial charge in [-0.2, -0.15) is 0 Å². The van der Waals surface area contributed by atoms with E-state index >= 15 is 0 Å². The lowest BCUT2D eigenvalue weighted by molar-refractivity contribution is -0.140. The molecule has 5 heteroatoms. The van der Waals surface area contributed by atoms with Crippen LogP contribution in [-0.2, 0) is 22.6 Å². The van der Waals surface area contributed by atoms with Crippen LogP contribution in [0.5, 0.6) is 0 Å². The molecule has 2 aromatic rings. The minimum Gasteiger partial charge on any atom is -0.354 e. The van der Waals surface area contributed by atoms with Gasteiger partial charge in [0.1, 0.15) is 11.9 Å². The van der Waals surface area contributed by atoms with Gasteiger partial charge >= 0.3 is 0 Å². The van der Waals surface area contributed by atoms with Gasteiger partial charge in [-0.15, -0.1) is 0 Å². The molecule has 0 saturated carbocycles. The number of carbonyl (C=O) groups is 2. The quantitative estimate of drug-likeness (QED) is 0.603. The zero-order valence-corrected chi connectivity index (χ0v) is 17.6. The molecule has 0 spiro atoms. The Balaban J connectivity index is 2.25. The molecule has 2 rings (SSSR count). The lowest BCUT2D eigenvalue weighted by atomic mass is 10.0. The third-order valence-electron chi connectivity index (χ3n) is 5.08. The lowest BCUT2D eigenvalue weighted by Crippen LogP contribution is -2.49. The molecule has 29 heavy (non-hydrogen) atoms. The maximum atomic E-state index is 13.3. The first-order chi connectivity index (χ1) is 14.0. The largest absolute Gasteiger partial charge is 0.354 e. The van der Waals surface area contributed by atoms with Crippen LogP contribution in [0.1, 0.15) is 49.8 Å². The second-order valence-electron chi connectivity index (χ2n) is 7.32. The summed E-state index contributed by atoms with van der Waals surface area (Å²) in [6, 6.07) is 13.3. The Labute approximate surface area is 173 Å². The predicted octanol–water partition coefficient (Wildman–Crippen LogP) is 4.40. The first kappa shape index (κ1) is 22.6. The van der Waals surface area contributed by atoms with Gasteiger partial charge in [0, 0.05) is 13.1 Å². The first-order valence-electron chi connectivity index (χ1n) is 10.3. The van der Waals surface area contributed by atoms with Gasteiger partial charge in [-0.3, -0.25) is 9.59 Å². The molecule has 0 heterocycles. The van der Waals surface area contributed by atoms with Crippen LogP contribution in [0.2, 0.25) is 0 Å². The molecule has 0 radical (unpaired) electrons. The van der Waals surface area contributed by atoms with Gasteiger partial charge in [0.25, 0.3) is 0 Å². The van der Waals surface area contributed by atoms with Crippen LogP contribution in [0.4, 0.5) is 4.39 Å². The van der Waals surface area contributed by atoms with Crippen molar-refractivity contribution in [1.29, 1.82) is 0 Å². The summed E-state index contributed by atoms with van der Waals surface area (Å²) < 4.78 is 13.3. The number of unbranched alkanes of at least 4 members (excludes halogenated alkanes) is 1. The van der Waals surface area contributed by atoms with Crippen LogP contribution < -0.4 is 5.32 Å². The van der Waals surface area contributed by atoms with Crippen molar-refractivity contribution in [2.45, 2.75) is 59.0 Å². The number of benzene rings is 2. The number of hydrogen-bond donors (Lipinski definition) is 1. The molecule has 0 bridgehead atoms. The van der Waals surface area contributed by atoms with Crippen molar-refractivity contribution in [2.24, 2.45) is 0 Å². The van der Waals surface area contributed by atoms with E-state index in [0.29, 0.717) is 13.0 Å². The van der Waals surface area contributed by atoms with E-state index in [1.165, 1.54) is 12.1 Å². The maximum Gasteiger partial charge on any atom is 0.242 e. The molecule has 0 aliphatic carbocycles. The Morgan fingerprint density at radius 3 is 2.38 bits per heavy atom. The van der Waals surface area contributed by atoms with Gasteiger partial charge in [-0.25, -0.2) is 4.39 Å². The van der Waals surface area contributed by atoms with Gasteiger partial charge in [0.15, 0.2) is 0 Å². The van der Waals surface area contributed by atoms with Crippen LogP contribution in [0.3, 0.4) is 0 Å². The number of nitrogens with one attached hydrogen (secondary N) is 1. The van der Waals surface area contributed by atoms with Gasteiger partial charge in [-0.05, 0) is 48.6 Å². The molecular weight excluding hydrogens is 367 g/mol. The summed E-state index contributed by atoms with van der Waals surface area (Å²) in [7, 11) is 0. The highest BCUT2D eigenvalue weighted by Gasteiger charge is 2.28. The molecule has 0 unspecified atom stereocenters. The van der Waals surface area contributed by atoms with Crippen molar-refractivity contribution in [3.8, 4) is 0 Å². The Bertz CT molecular complexity index is 805. The SMILES string of the molecule is CCCCNC(=O)[C@@H](CC)N(Cc1ccc(F)cc1)C(=O)Cc1ccccc1C. The van der Waals surface area contributed by atoms with E-state index in [-0.39, 0.29) is 30.6 Å². The van der Waals surface area contributed by atoms with Crippen LogP contribution in [-0.4, -0.2) is 29.3 Å². The number of rotatable bonds is 10. The molecule has 156 valence electrons. The third-order valence-corrected chi connectivity index (χ3v) is 5.08. The Morgan fingerprint density at radius 2 is 1.76 bits per heavy atom. The van der Waals surface area contributed by atoms with E-state index in [0.717, 1.165) is 29.5 Å². The molecule has 4 nitrogen and oxygen atoms in total. The van der Waals surface area contributed by atoms with Crippen molar-refractivity contribution < 1.29 is 14.0 Å². The van der Waals surface area contributed by atoms with Crippen molar-refractivity contribution >= 4 is 11.8 Å². The van der Waals surface area contributed by atoms with E-state index < -0.39 is 6.04 Å². The molecule has 0 aliphatic rings. The van der Waals surface area contributed by atoms with Gasteiger partial charge < -0.3 is 10.2 Å². The minimum atomic E-state index is -0.562. The normalized spacial score (nSPS) is 11.7. The smallest absolute Gasteiger partial charge is 0.242 e. The van der Waals surface area contributed by atoms with Crippen molar-refractivity contribution in [3.05, 3.63) is 71.0 Å². The summed E-state index contributed by atoms with van der Waals surface area (Å²) in [6.45, 7) is 6.81. The zero-order valence-electron chi connectivity index (χ0n) is 17.6. The number of aryl methyl sites for hydroxylation is 1. The van der Waals surface area contributed by atoms with E-state index in [9.17, 15) is 14.0 Å². The fourth-order valence-electron chi connectivity index (χ4n) is 3.29. The van der Waals surface area contributed by atoms with Crippen molar-refractivity contribution in [1.82, 2.24) is 10.2 Å². The predicted molar refractivity (Wildman–Crippen MR) is 114 cm³/mol. The molecule has 0 aliphatic heterocycles. The third kappa shape index (κ3) is 6.70. The molecular formula is C24H31FN2O2. The number of halogens is 1. The molecule has 1 N–H and O–H groups in total. The molecule has 0 saturated heterocycles. The standard InChI is InChI=1S/C24H31FN2O2/c1-4-6-15-26-24(29)22(5-2)27(17-19-11-13-21(25)14-12-19)23(28)16-20-10-8-7-9-18(20)3/h7-14,22H,4-6,15-17H2,1-3H3,(H,26,29)/t22-/m1/s1. The highest BCUT2D eigenvalue weighted by Crippen LogP contribution is 2.16. The highest BCUT2D eigenvalue weighted by atomic mass is 19.1. The Morgan fingerprint density at radius 1 is 1.07 bits per heavy atom. The summed E-state index contributed by atoms with van der Waals surface area (Å²) in [5.41, 5.74) is 2.79. The summed E-state index contributed by atoms with van der Waals surface area (Å²) in [4.78, 5) is 27.7. The van der Waals surface area contributed by atoms with E-state index in [4.69, 9.17) is 0 Å². The van der Waals surface area contributed by atoms with E-state index in [1.54, 1.807) is 17.0 Å². The number of nitrogens with zero attached hydrogens (tertiary/aromatic N) is 1. The number of amides is 2. The lowest BCUT2D eigenvalue weighted by Gasteiger charge is -2.31. The first-order valence-corrected chi connectivity index (χ1v) is 10.3. The molecule has 0 fully saturated rings. The van der Waals surface area contributed by atoms with Crippen molar-refractivity contribution in [2.75, 3.05) is 6.54 Å². The fraction of sp³-hybridized carbons (Fsp3) is 0.417. The second kappa shape index (κ2) is 11.3. The van der Waals surface area contributed by atoms with Crippen LogP contribution in [0, 0.1) is 12.7 Å². The maximum absolute atomic E-state index is 13.3. The summed E-state index contributed by atoms with van der Waals surface area (Å²) in [5.74, 6) is -0.571. The number of hydrogen-bond acceptors (Lipinski definition) is 2. The average molecular weight is 399 g/mol. The van der Waals surface area contributed by atoms with Crippen molar-refractivity contribution in [3.63, 3.8) is 0 Å². The highest BCUT2D eigenvalue weighted by molar-refractivity contribution is 5.88. The Kier molecular flexibility index (Phi) is 8.84. The fourth-order valence-corrected chi connectivity index (χ4v) is 3.29. The van der Waals surface area contributed by atoms with Gasteiger partial charge in [0.05, 0.1) is 6.42 Å². The second-order valence-corrected chi connectivity index (χ2v) is 7.32.